The van der Waals surface area contributed by atoms with Crippen molar-refractivity contribution in [3.8, 4) is 0 Å². The molecule has 3 heterocycles. The molecule has 0 bridgehead atoms. The Balaban J connectivity index is 1.25. The van der Waals surface area contributed by atoms with Gasteiger partial charge in [0.15, 0.2) is 0 Å². The normalized spacial score (nSPS) is 14.5. The summed E-state index contributed by atoms with van der Waals surface area (Å²) in [7, 11) is 0. The van der Waals surface area contributed by atoms with Crippen LogP contribution in [0.5, 0.6) is 0 Å². The summed E-state index contributed by atoms with van der Waals surface area (Å²) in [5, 5.41) is 10.6. The fraction of sp³-hybridized carbons (Fsp3) is 0.278. The molecule has 4 rings (SSSR count). The number of likely N-dealkylation sites (tertiary alicyclic amines) is 1. The molecule has 2 amide bonds. The van der Waals surface area contributed by atoms with Gasteiger partial charge in [-0.2, -0.15) is 5.10 Å². The Morgan fingerprint density at radius 2 is 2.12 bits per heavy atom. The van der Waals surface area contributed by atoms with Crippen molar-refractivity contribution >= 4 is 22.7 Å². The lowest BCUT2D eigenvalue weighted by atomic mass is 9.98. The zero-order valence-electron chi connectivity index (χ0n) is 13.7. The van der Waals surface area contributed by atoms with E-state index in [-0.39, 0.29) is 11.8 Å². The van der Waals surface area contributed by atoms with E-state index in [2.05, 4.69) is 20.5 Å². The lowest BCUT2D eigenvalue weighted by Gasteiger charge is -2.39. The van der Waals surface area contributed by atoms with Crippen LogP contribution in [0.15, 0.2) is 42.7 Å². The van der Waals surface area contributed by atoms with Crippen LogP contribution in [0.2, 0.25) is 0 Å². The van der Waals surface area contributed by atoms with Crippen LogP contribution in [-0.4, -0.2) is 51.5 Å². The smallest absolute Gasteiger partial charge is 0.253 e. The Labute approximate surface area is 144 Å². The molecule has 7 heteroatoms. The van der Waals surface area contributed by atoms with Gasteiger partial charge in [0, 0.05) is 54.7 Å². The molecular formula is C18H19N5O2. The lowest BCUT2D eigenvalue weighted by Crippen LogP contribution is -2.53. The average Bonchev–Trinajstić information content (AvgIpc) is 3.23. The average molecular weight is 337 g/mol. The van der Waals surface area contributed by atoms with Gasteiger partial charge in [0.1, 0.15) is 0 Å². The number of H-pyrrole nitrogens is 2. The molecule has 1 saturated heterocycles. The number of amides is 2. The van der Waals surface area contributed by atoms with E-state index in [4.69, 9.17) is 0 Å². The number of hydrogen-bond acceptors (Lipinski definition) is 3. The third-order valence-electron chi connectivity index (χ3n) is 4.54. The molecule has 2 aromatic heterocycles. The molecule has 128 valence electrons. The van der Waals surface area contributed by atoms with E-state index < -0.39 is 0 Å². The molecular weight excluding hydrogens is 318 g/mol. The van der Waals surface area contributed by atoms with Gasteiger partial charge in [-0.05, 0) is 29.7 Å². The molecule has 0 unspecified atom stereocenters. The third kappa shape index (κ3) is 3.26. The Hall–Kier alpha value is -3.09. The van der Waals surface area contributed by atoms with Crippen LogP contribution in [0.4, 0.5) is 0 Å². The molecule has 3 aromatic rings. The van der Waals surface area contributed by atoms with Crippen molar-refractivity contribution in [1.29, 1.82) is 0 Å². The number of aromatic amines is 2. The fourth-order valence-corrected chi connectivity index (χ4v) is 3.11. The molecule has 0 atom stereocenters. The summed E-state index contributed by atoms with van der Waals surface area (Å²) in [5.41, 5.74) is 2.45. The highest BCUT2D eigenvalue weighted by Gasteiger charge is 2.31. The van der Waals surface area contributed by atoms with E-state index in [0.29, 0.717) is 37.5 Å². The van der Waals surface area contributed by atoms with Gasteiger partial charge in [0.2, 0.25) is 5.91 Å². The van der Waals surface area contributed by atoms with Gasteiger partial charge >= 0.3 is 0 Å². The molecule has 0 aliphatic carbocycles. The Kier molecular flexibility index (Phi) is 3.97. The standard InChI is InChI=1S/C18H19N5O2/c24-17(8-15-4-6-21-22-15)20-9-12-10-23(11-12)18(25)14-2-1-13-3-5-19-16(13)7-14/h1-7,12,19H,8-11H2,(H,20,24)(H,21,22). The van der Waals surface area contributed by atoms with Crippen LogP contribution in [0.3, 0.4) is 0 Å². The summed E-state index contributed by atoms with van der Waals surface area (Å²) in [5.74, 6) is 0.312. The molecule has 0 radical (unpaired) electrons. The van der Waals surface area contributed by atoms with E-state index in [0.717, 1.165) is 16.6 Å². The summed E-state index contributed by atoms with van der Waals surface area (Å²) in [6.45, 7) is 1.93. The zero-order chi connectivity index (χ0) is 17.2. The van der Waals surface area contributed by atoms with Gasteiger partial charge in [-0.3, -0.25) is 14.7 Å². The number of fused-ring (bicyclic) bond motifs is 1. The Bertz CT molecular complexity index is 893. The first-order chi connectivity index (χ1) is 12.2. The number of nitrogens with zero attached hydrogens (tertiary/aromatic N) is 2. The first-order valence-corrected chi connectivity index (χ1v) is 8.30. The van der Waals surface area contributed by atoms with Crippen LogP contribution in [0, 0.1) is 5.92 Å². The van der Waals surface area contributed by atoms with Gasteiger partial charge in [-0.25, -0.2) is 0 Å². The van der Waals surface area contributed by atoms with Crippen molar-refractivity contribution in [2.75, 3.05) is 19.6 Å². The summed E-state index contributed by atoms with van der Waals surface area (Å²) in [6.07, 6.45) is 3.79. The predicted octanol–water partition coefficient (Wildman–Crippen LogP) is 1.32. The minimum absolute atomic E-state index is 0.0359. The highest BCUT2D eigenvalue weighted by Crippen LogP contribution is 2.20. The third-order valence-corrected chi connectivity index (χ3v) is 4.54. The number of carbonyl (C=O) groups is 2. The molecule has 1 fully saturated rings. The van der Waals surface area contributed by atoms with E-state index in [1.54, 1.807) is 12.3 Å². The number of rotatable bonds is 5. The largest absolute Gasteiger partial charge is 0.361 e. The molecule has 3 N–H and O–H groups in total. The maximum atomic E-state index is 12.5. The molecule has 25 heavy (non-hydrogen) atoms. The Morgan fingerprint density at radius 3 is 2.92 bits per heavy atom. The van der Waals surface area contributed by atoms with E-state index in [9.17, 15) is 9.59 Å². The van der Waals surface area contributed by atoms with Crippen LogP contribution < -0.4 is 5.32 Å². The van der Waals surface area contributed by atoms with Crippen molar-refractivity contribution in [3.05, 3.63) is 54.0 Å². The van der Waals surface area contributed by atoms with Crippen molar-refractivity contribution < 1.29 is 9.59 Å². The topological polar surface area (TPSA) is 93.9 Å². The van der Waals surface area contributed by atoms with Gasteiger partial charge in [-0.1, -0.05) is 6.07 Å². The summed E-state index contributed by atoms with van der Waals surface area (Å²) >= 11 is 0. The molecule has 0 spiro atoms. The van der Waals surface area contributed by atoms with Crippen molar-refractivity contribution in [3.63, 3.8) is 0 Å². The first kappa shape index (κ1) is 15.4. The highest BCUT2D eigenvalue weighted by atomic mass is 16.2. The maximum absolute atomic E-state index is 12.5. The van der Waals surface area contributed by atoms with Crippen LogP contribution in [-0.2, 0) is 11.2 Å². The molecule has 7 nitrogen and oxygen atoms in total. The maximum Gasteiger partial charge on any atom is 0.253 e. The first-order valence-electron chi connectivity index (χ1n) is 8.30. The predicted molar refractivity (Wildman–Crippen MR) is 93.0 cm³/mol. The van der Waals surface area contributed by atoms with Gasteiger partial charge in [0.05, 0.1) is 6.42 Å². The van der Waals surface area contributed by atoms with Crippen LogP contribution in [0.1, 0.15) is 16.1 Å². The number of benzene rings is 1. The summed E-state index contributed by atoms with van der Waals surface area (Å²) < 4.78 is 0. The minimum Gasteiger partial charge on any atom is -0.361 e. The Morgan fingerprint density at radius 1 is 1.24 bits per heavy atom. The fourth-order valence-electron chi connectivity index (χ4n) is 3.11. The molecule has 1 aromatic carbocycles. The second-order valence-corrected chi connectivity index (χ2v) is 6.42. The molecule has 0 saturated carbocycles. The SMILES string of the molecule is O=C(Cc1ccn[nH]1)NCC1CN(C(=O)c2ccc3cc[nH]c3c2)C1. The summed E-state index contributed by atoms with van der Waals surface area (Å²) in [4.78, 5) is 29.3. The van der Waals surface area contributed by atoms with Gasteiger partial charge < -0.3 is 15.2 Å². The highest BCUT2D eigenvalue weighted by molar-refractivity contribution is 5.98. The van der Waals surface area contributed by atoms with E-state index in [1.807, 2.05) is 35.4 Å². The lowest BCUT2D eigenvalue weighted by molar-refractivity contribution is -0.120. The number of nitrogens with one attached hydrogen (secondary N) is 3. The van der Waals surface area contributed by atoms with E-state index >= 15 is 0 Å². The summed E-state index contributed by atoms with van der Waals surface area (Å²) in [6, 6.07) is 9.46. The monoisotopic (exact) mass is 337 g/mol. The van der Waals surface area contributed by atoms with Crippen molar-refractivity contribution in [2.45, 2.75) is 6.42 Å². The van der Waals surface area contributed by atoms with Crippen molar-refractivity contribution in [1.82, 2.24) is 25.4 Å². The second kappa shape index (κ2) is 6.43. The van der Waals surface area contributed by atoms with Crippen molar-refractivity contribution in [2.24, 2.45) is 5.92 Å². The molecule has 1 aliphatic heterocycles. The van der Waals surface area contributed by atoms with E-state index in [1.165, 1.54) is 0 Å². The van der Waals surface area contributed by atoms with Crippen LogP contribution in [0.25, 0.3) is 10.9 Å². The van der Waals surface area contributed by atoms with Crippen LogP contribution >= 0.6 is 0 Å². The molecule has 1 aliphatic rings. The second-order valence-electron chi connectivity index (χ2n) is 6.42. The minimum atomic E-state index is -0.0359. The number of aromatic nitrogens is 3. The van der Waals surface area contributed by atoms with Gasteiger partial charge in [0.25, 0.3) is 5.91 Å². The quantitative estimate of drug-likeness (QED) is 0.655. The number of hydrogen-bond donors (Lipinski definition) is 3. The zero-order valence-corrected chi connectivity index (χ0v) is 13.7. The number of carbonyl (C=O) groups excluding carboxylic acids is 2. The van der Waals surface area contributed by atoms with Gasteiger partial charge in [-0.15, -0.1) is 0 Å².